The SMILES string of the molecule is O=C(Nn1cnc2ccccc21)c1cnc2ccccc2n1. The fourth-order valence-corrected chi connectivity index (χ4v) is 2.28. The van der Waals surface area contributed by atoms with E-state index in [9.17, 15) is 4.79 Å². The predicted molar refractivity (Wildman–Crippen MR) is 83.0 cm³/mol. The molecule has 1 N–H and O–H groups in total. The van der Waals surface area contributed by atoms with E-state index in [2.05, 4.69) is 20.4 Å². The summed E-state index contributed by atoms with van der Waals surface area (Å²) in [5.41, 5.74) is 6.10. The molecule has 0 unspecified atom stereocenters. The van der Waals surface area contributed by atoms with E-state index in [1.165, 1.54) is 6.20 Å². The normalized spacial score (nSPS) is 10.9. The first-order chi connectivity index (χ1) is 10.8. The fraction of sp³-hybridized carbons (Fsp3) is 0. The zero-order valence-corrected chi connectivity index (χ0v) is 11.5. The summed E-state index contributed by atoms with van der Waals surface area (Å²) in [6.45, 7) is 0. The lowest BCUT2D eigenvalue weighted by Crippen LogP contribution is -2.23. The third-order valence-electron chi connectivity index (χ3n) is 3.36. The maximum Gasteiger partial charge on any atom is 0.290 e. The van der Waals surface area contributed by atoms with Crippen LogP contribution in [0.5, 0.6) is 0 Å². The molecule has 6 nitrogen and oxygen atoms in total. The largest absolute Gasteiger partial charge is 0.290 e. The predicted octanol–water partition coefficient (Wildman–Crippen LogP) is 2.36. The van der Waals surface area contributed by atoms with Crippen molar-refractivity contribution < 1.29 is 4.79 Å². The average Bonchev–Trinajstić information content (AvgIpc) is 2.97. The number of imidazole rings is 1. The number of nitrogens with one attached hydrogen (secondary N) is 1. The third kappa shape index (κ3) is 2.07. The molecule has 106 valence electrons. The molecule has 0 radical (unpaired) electrons. The van der Waals surface area contributed by atoms with Gasteiger partial charge in [0.25, 0.3) is 5.91 Å². The van der Waals surface area contributed by atoms with E-state index in [-0.39, 0.29) is 11.6 Å². The number of carbonyl (C=O) groups excluding carboxylic acids is 1. The van der Waals surface area contributed by atoms with E-state index in [0.717, 1.165) is 16.6 Å². The Morgan fingerprint density at radius 3 is 2.50 bits per heavy atom. The lowest BCUT2D eigenvalue weighted by Gasteiger charge is -2.06. The van der Waals surface area contributed by atoms with Gasteiger partial charge in [0, 0.05) is 0 Å². The fourth-order valence-electron chi connectivity index (χ4n) is 2.28. The molecule has 0 atom stereocenters. The van der Waals surface area contributed by atoms with Gasteiger partial charge in [-0.05, 0) is 24.3 Å². The van der Waals surface area contributed by atoms with Gasteiger partial charge in [-0.3, -0.25) is 15.2 Å². The van der Waals surface area contributed by atoms with Gasteiger partial charge in [0.2, 0.25) is 0 Å². The summed E-state index contributed by atoms with van der Waals surface area (Å²) >= 11 is 0. The van der Waals surface area contributed by atoms with E-state index in [4.69, 9.17) is 0 Å². The maximum atomic E-state index is 12.3. The quantitative estimate of drug-likeness (QED) is 0.615. The van der Waals surface area contributed by atoms with Gasteiger partial charge in [-0.15, -0.1) is 0 Å². The number of nitrogens with zero attached hydrogens (tertiary/aromatic N) is 4. The number of rotatable bonds is 2. The van der Waals surface area contributed by atoms with Gasteiger partial charge < -0.3 is 0 Å². The van der Waals surface area contributed by atoms with Gasteiger partial charge in [-0.2, -0.15) is 0 Å². The highest BCUT2D eigenvalue weighted by molar-refractivity contribution is 6.00. The Kier molecular flexibility index (Phi) is 2.79. The van der Waals surface area contributed by atoms with Crippen molar-refractivity contribution in [3.05, 3.63) is 66.7 Å². The minimum atomic E-state index is -0.332. The third-order valence-corrected chi connectivity index (χ3v) is 3.36. The topological polar surface area (TPSA) is 72.7 Å². The molecule has 22 heavy (non-hydrogen) atoms. The minimum Gasteiger partial charge on any atom is -0.266 e. The van der Waals surface area contributed by atoms with Crippen molar-refractivity contribution in [1.29, 1.82) is 0 Å². The Morgan fingerprint density at radius 2 is 1.64 bits per heavy atom. The number of hydrogen-bond acceptors (Lipinski definition) is 4. The van der Waals surface area contributed by atoms with Gasteiger partial charge in [0.05, 0.1) is 28.3 Å². The van der Waals surface area contributed by atoms with Crippen LogP contribution in [0, 0.1) is 0 Å². The molecule has 0 fully saturated rings. The van der Waals surface area contributed by atoms with E-state index >= 15 is 0 Å². The second-order valence-electron chi connectivity index (χ2n) is 4.79. The summed E-state index contributed by atoms with van der Waals surface area (Å²) in [5.74, 6) is -0.332. The standard InChI is InChI=1S/C16H11N5O/c22-16(14-9-17-11-5-1-2-6-12(11)19-14)20-21-10-18-13-7-3-4-8-15(13)21/h1-10H,(H,20,22). The minimum absolute atomic E-state index is 0.261. The van der Waals surface area contributed by atoms with Crippen LogP contribution in [0.1, 0.15) is 10.5 Å². The van der Waals surface area contributed by atoms with Crippen LogP contribution in [0.15, 0.2) is 61.1 Å². The summed E-state index contributed by atoms with van der Waals surface area (Å²) in [7, 11) is 0. The monoisotopic (exact) mass is 289 g/mol. The highest BCUT2D eigenvalue weighted by atomic mass is 16.2. The molecule has 0 saturated carbocycles. The molecule has 2 heterocycles. The van der Waals surface area contributed by atoms with Gasteiger partial charge in [0.1, 0.15) is 12.0 Å². The first-order valence-corrected chi connectivity index (χ1v) is 6.76. The zero-order valence-electron chi connectivity index (χ0n) is 11.5. The molecule has 0 aliphatic carbocycles. The van der Waals surface area contributed by atoms with Crippen LogP contribution in [-0.2, 0) is 0 Å². The first-order valence-electron chi connectivity index (χ1n) is 6.76. The molecule has 6 heteroatoms. The van der Waals surface area contributed by atoms with Crippen molar-refractivity contribution >= 4 is 28.0 Å². The van der Waals surface area contributed by atoms with E-state index < -0.39 is 0 Å². The summed E-state index contributed by atoms with van der Waals surface area (Å²) < 4.78 is 1.58. The molecule has 4 rings (SSSR count). The summed E-state index contributed by atoms with van der Waals surface area (Å²) in [5, 5.41) is 0. The van der Waals surface area contributed by atoms with Crippen LogP contribution in [0.25, 0.3) is 22.1 Å². The average molecular weight is 289 g/mol. The highest BCUT2D eigenvalue weighted by Gasteiger charge is 2.11. The second-order valence-corrected chi connectivity index (χ2v) is 4.79. The van der Waals surface area contributed by atoms with Crippen LogP contribution in [0.2, 0.25) is 0 Å². The molecule has 2 aromatic heterocycles. The van der Waals surface area contributed by atoms with Crippen LogP contribution in [0.3, 0.4) is 0 Å². The molecule has 1 amide bonds. The van der Waals surface area contributed by atoms with E-state index in [1.807, 2.05) is 48.5 Å². The Morgan fingerprint density at radius 1 is 0.909 bits per heavy atom. The van der Waals surface area contributed by atoms with Gasteiger partial charge in [-0.25, -0.2) is 14.6 Å². The Hall–Kier alpha value is -3.28. The second kappa shape index (κ2) is 4.92. The van der Waals surface area contributed by atoms with Crippen molar-refractivity contribution in [3.63, 3.8) is 0 Å². The molecular weight excluding hydrogens is 278 g/mol. The molecular formula is C16H11N5O. The van der Waals surface area contributed by atoms with E-state index in [0.29, 0.717) is 5.52 Å². The maximum absolute atomic E-state index is 12.3. The molecule has 4 aromatic rings. The van der Waals surface area contributed by atoms with Gasteiger partial charge >= 0.3 is 0 Å². The van der Waals surface area contributed by atoms with Crippen molar-refractivity contribution in [2.45, 2.75) is 0 Å². The van der Waals surface area contributed by atoms with E-state index in [1.54, 1.807) is 11.0 Å². The molecule has 0 saturated heterocycles. The molecule has 0 aliphatic heterocycles. The van der Waals surface area contributed by atoms with Gasteiger partial charge in [0.15, 0.2) is 0 Å². The molecule has 0 aliphatic rings. The number of fused-ring (bicyclic) bond motifs is 2. The number of carbonyl (C=O) groups is 1. The van der Waals surface area contributed by atoms with Crippen molar-refractivity contribution in [1.82, 2.24) is 19.6 Å². The lowest BCUT2D eigenvalue weighted by atomic mass is 10.3. The lowest BCUT2D eigenvalue weighted by molar-refractivity contribution is 0.100. The number of aromatic nitrogens is 4. The van der Waals surface area contributed by atoms with Crippen LogP contribution >= 0.6 is 0 Å². The molecule has 0 spiro atoms. The number of hydrogen-bond donors (Lipinski definition) is 1. The van der Waals surface area contributed by atoms with Crippen molar-refractivity contribution in [3.8, 4) is 0 Å². The molecule has 2 aromatic carbocycles. The Balaban J connectivity index is 1.68. The van der Waals surface area contributed by atoms with Crippen molar-refractivity contribution in [2.24, 2.45) is 0 Å². The number of amides is 1. The smallest absolute Gasteiger partial charge is 0.266 e. The van der Waals surface area contributed by atoms with Crippen LogP contribution in [-0.4, -0.2) is 25.5 Å². The number of benzene rings is 2. The van der Waals surface area contributed by atoms with Crippen molar-refractivity contribution in [2.75, 3.05) is 5.43 Å². The summed E-state index contributed by atoms with van der Waals surface area (Å²) in [4.78, 5) is 25.1. The van der Waals surface area contributed by atoms with Gasteiger partial charge in [-0.1, -0.05) is 24.3 Å². The van der Waals surface area contributed by atoms with Crippen LogP contribution < -0.4 is 5.43 Å². The van der Waals surface area contributed by atoms with Crippen LogP contribution in [0.4, 0.5) is 0 Å². The zero-order chi connectivity index (χ0) is 14.9. The summed E-state index contributed by atoms with van der Waals surface area (Å²) in [6, 6.07) is 15.0. The summed E-state index contributed by atoms with van der Waals surface area (Å²) in [6.07, 6.45) is 3.04. The Labute approximate surface area is 125 Å². The molecule has 0 bridgehead atoms. The highest BCUT2D eigenvalue weighted by Crippen LogP contribution is 2.11. The number of para-hydroxylation sites is 4. The first kappa shape index (κ1) is 12.5. The Bertz CT molecular complexity index is 992.